The van der Waals surface area contributed by atoms with Crippen LogP contribution < -0.4 is 10.4 Å². The summed E-state index contributed by atoms with van der Waals surface area (Å²) in [5, 5.41) is 6.63. The summed E-state index contributed by atoms with van der Waals surface area (Å²) in [6.07, 6.45) is 4.95. The van der Waals surface area contributed by atoms with Crippen LogP contribution in [0.1, 0.15) is 5.69 Å². The quantitative estimate of drug-likeness (QED) is 0.623. The van der Waals surface area contributed by atoms with E-state index in [1.54, 1.807) is 30.7 Å². The van der Waals surface area contributed by atoms with Crippen molar-refractivity contribution in [3.63, 3.8) is 0 Å². The summed E-state index contributed by atoms with van der Waals surface area (Å²) < 4.78 is 8.63. The molecule has 0 unspecified atom stereocenters. The Kier molecular flexibility index (Phi) is 3.16. The Labute approximate surface area is 130 Å². The summed E-state index contributed by atoms with van der Waals surface area (Å²) in [7, 11) is 0. The summed E-state index contributed by atoms with van der Waals surface area (Å²) in [5.74, 6) is 1.37. The average Bonchev–Trinajstić information content (AvgIpc) is 3.24. The van der Waals surface area contributed by atoms with Crippen molar-refractivity contribution in [3.05, 3.63) is 77.2 Å². The highest BCUT2D eigenvalue weighted by atomic mass is 16.5. The Morgan fingerprint density at radius 1 is 1.13 bits per heavy atom. The van der Waals surface area contributed by atoms with Gasteiger partial charge in [-0.3, -0.25) is 14.1 Å². The molecule has 0 aliphatic heterocycles. The van der Waals surface area contributed by atoms with Crippen LogP contribution in [0.2, 0.25) is 0 Å². The summed E-state index contributed by atoms with van der Waals surface area (Å²) >= 11 is 0. The van der Waals surface area contributed by atoms with E-state index in [2.05, 4.69) is 15.2 Å². The molecule has 0 atom stereocenters. The standard InChI is InChI=1S/C16H13N5O2/c22-16-20(15-6-8-17-19-15)9-7-14-18-12(10-21(14)16)11-23-13-4-2-1-3-5-13/h1-10H,11H2,(H,17,19). The summed E-state index contributed by atoms with van der Waals surface area (Å²) in [5.41, 5.74) is 1.05. The van der Waals surface area contributed by atoms with Crippen molar-refractivity contribution < 1.29 is 4.74 Å². The van der Waals surface area contributed by atoms with Crippen LogP contribution in [0.25, 0.3) is 11.5 Å². The topological polar surface area (TPSA) is 77.2 Å². The number of nitrogens with zero attached hydrogens (tertiary/aromatic N) is 4. The van der Waals surface area contributed by atoms with Crippen molar-refractivity contribution in [2.75, 3.05) is 0 Å². The van der Waals surface area contributed by atoms with E-state index >= 15 is 0 Å². The number of hydrogen-bond donors (Lipinski definition) is 1. The van der Waals surface area contributed by atoms with Crippen LogP contribution in [0.4, 0.5) is 0 Å². The zero-order valence-electron chi connectivity index (χ0n) is 12.1. The van der Waals surface area contributed by atoms with Crippen molar-refractivity contribution in [1.82, 2.24) is 24.1 Å². The highest BCUT2D eigenvalue weighted by Crippen LogP contribution is 2.11. The minimum atomic E-state index is -0.217. The van der Waals surface area contributed by atoms with Gasteiger partial charge in [0.05, 0.1) is 11.9 Å². The lowest BCUT2D eigenvalue weighted by Crippen LogP contribution is -2.24. The van der Waals surface area contributed by atoms with Crippen LogP contribution in [0.5, 0.6) is 5.75 Å². The number of benzene rings is 1. The maximum atomic E-state index is 12.5. The Morgan fingerprint density at radius 2 is 2.00 bits per heavy atom. The van der Waals surface area contributed by atoms with E-state index in [1.807, 2.05) is 30.3 Å². The van der Waals surface area contributed by atoms with Crippen molar-refractivity contribution in [2.45, 2.75) is 6.61 Å². The van der Waals surface area contributed by atoms with Gasteiger partial charge in [0.1, 0.15) is 23.8 Å². The van der Waals surface area contributed by atoms with Gasteiger partial charge in [0.15, 0.2) is 0 Å². The number of aromatic nitrogens is 5. The summed E-state index contributed by atoms with van der Waals surface area (Å²) in [6, 6.07) is 13.0. The van der Waals surface area contributed by atoms with E-state index in [0.29, 0.717) is 23.8 Å². The first-order valence-electron chi connectivity index (χ1n) is 7.08. The molecule has 4 rings (SSSR count). The summed E-state index contributed by atoms with van der Waals surface area (Å²) in [6.45, 7) is 0.301. The average molecular weight is 307 g/mol. The lowest BCUT2D eigenvalue weighted by atomic mass is 10.3. The largest absolute Gasteiger partial charge is 0.487 e. The van der Waals surface area contributed by atoms with Gasteiger partial charge in [0.25, 0.3) is 0 Å². The highest BCUT2D eigenvalue weighted by molar-refractivity contribution is 5.39. The second-order valence-electron chi connectivity index (χ2n) is 4.97. The fourth-order valence-electron chi connectivity index (χ4n) is 2.35. The highest BCUT2D eigenvalue weighted by Gasteiger charge is 2.09. The molecule has 0 radical (unpaired) electrons. The van der Waals surface area contributed by atoms with E-state index in [-0.39, 0.29) is 5.69 Å². The van der Waals surface area contributed by atoms with Crippen LogP contribution in [0, 0.1) is 0 Å². The minimum absolute atomic E-state index is 0.217. The number of H-pyrrole nitrogens is 1. The zero-order valence-corrected chi connectivity index (χ0v) is 12.1. The first kappa shape index (κ1) is 13.3. The summed E-state index contributed by atoms with van der Waals surface area (Å²) in [4.78, 5) is 16.9. The van der Waals surface area contributed by atoms with Gasteiger partial charge in [0.2, 0.25) is 0 Å². The fourth-order valence-corrected chi connectivity index (χ4v) is 2.35. The first-order valence-corrected chi connectivity index (χ1v) is 7.08. The van der Waals surface area contributed by atoms with E-state index in [9.17, 15) is 4.79 Å². The molecule has 0 saturated carbocycles. The van der Waals surface area contributed by atoms with Gasteiger partial charge in [0, 0.05) is 18.5 Å². The zero-order chi connectivity index (χ0) is 15.6. The smallest absolute Gasteiger partial charge is 0.339 e. The molecule has 7 heteroatoms. The number of nitrogens with one attached hydrogen (secondary N) is 1. The predicted octanol–water partition coefficient (Wildman–Crippen LogP) is 1.79. The van der Waals surface area contributed by atoms with Crippen LogP contribution >= 0.6 is 0 Å². The molecule has 0 bridgehead atoms. The Balaban J connectivity index is 1.66. The molecule has 23 heavy (non-hydrogen) atoms. The van der Waals surface area contributed by atoms with Gasteiger partial charge in [-0.2, -0.15) is 5.10 Å². The Hall–Kier alpha value is -3.35. The third-order valence-corrected chi connectivity index (χ3v) is 3.44. The van der Waals surface area contributed by atoms with Crippen LogP contribution in [0.15, 0.2) is 65.8 Å². The van der Waals surface area contributed by atoms with Gasteiger partial charge in [-0.15, -0.1) is 0 Å². The van der Waals surface area contributed by atoms with E-state index in [4.69, 9.17) is 4.74 Å². The maximum Gasteiger partial charge on any atom is 0.339 e. The third-order valence-electron chi connectivity index (χ3n) is 3.44. The van der Waals surface area contributed by atoms with Gasteiger partial charge in [-0.25, -0.2) is 9.78 Å². The number of ether oxygens (including phenoxy) is 1. The van der Waals surface area contributed by atoms with Gasteiger partial charge < -0.3 is 4.74 Å². The second kappa shape index (κ2) is 5.45. The van der Waals surface area contributed by atoms with Gasteiger partial charge in [-0.1, -0.05) is 18.2 Å². The maximum absolute atomic E-state index is 12.5. The molecule has 1 aromatic carbocycles. The number of para-hydroxylation sites is 1. The molecule has 0 fully saturated rings. The molecule has 0 aliphatic rings. The third kappa shape index (κ3) is 2.48. The monoisotopic (exact) mass is 307 g/mol. The molecular formula is C16H13N5O2. The number of aromatic amines is 1. The van der Waals surface area contributed by atoms with E-state index in [1.165, 1.54) is 8.97 Å². The SMILES string of the molecule is O=c1n(-c2ccn[nH]2)ccc2nc(COc3ccccc3)cn12. The number of imidazole rings is 1. The molecule has 7 nitrogen and oxygen atoms in total. The number of rotatable bonds is 4. The van der Waals surface area contributed by atoms with Crippen molar-refractivity contribution >= 4 is 5.65 Å². The molecule has 3 heterocycles. The molecule has 0 amide bonds. The lowest BCUT2D eigenvalue weighted by Gasteiger charge is -2.02. The van der Waals surface area contributed by atoms with Crippen molar-refractivity contribution in [1.29, 1.82) is 0 Å². The molecule has 0 saturated heterocycles. The van der Waals surface area contributed by atoms with Gasteiger partial charge >= 0.3 is 5.69 Å². The second-order valence-corrected chi connectivity index (χ2v) is 4.97. The molecular weight excluding hydrogens is 294 g/mol. The molecule has 0 spiro atoms. The molecule has 4 aromatic rings. The van der Waals surface area contributed by atoms with Crippen LogP contribution in [0.3, 0.4) is 0 Å². The molecule has 3 aromatic heterocycles. The Bertz CT molecular complexity index is 986. The molecule has 114 valence electrons. The fraction of sp³-hybridized carbons (Fsp3) is 0.0625. The number of hydrogen-bond acceptors (Lipinski definition) is 4. The first-order chi connectivity index (χ1) is 11.3. The predicted molar refractivity (Wildman–Crippen MR) is 83.7 cm³/mol. The molecule has 0 aliphatic carbocycles. The normalized spacial score (nSPS) is 11.0. The lowest BCUT2D eigenvalue weighted by molar-refractivity contribution is 0.302. The van der Waals surface area contributed by atoms with Crippen molar-refractivity contribution in [3.8, 4) is 11.6 Å². The van der Waals surface area contributed by atoms with E-state index in [0.717, 1.165) is 5.75 Å². The molecule has 1 N–H and O–H groups in total. The minimum Gasteiger partial charge on any atom is -0.487 e. The van der Waals surface area contributed by atoms with Crippen molar-refractivity contribution in [2.24, 2.45) is 0 Å². The Morgan fingerprint density at radius 3 is 2.78 bits per heavy atom. The number of fused-ring (bicyclic) bond motifs is 1. The van der Waals surface area contributed by atoms with Crippen LogP contribution in [-0.2, 0) is 6.61 Å². The van der Waals surface area contributed by atoms with E-state index < -0.39 is 0 Å². The van der Waals surface area contributed by atoms with Crippen LogP contribution in [-0.4, -0.2) is 24.1 Å². The van der Waals surface area contributed by atoms with Gasteiger partial charge in [-0.05, 0) is 18.2 Å².